The summed E-state index contributed by atoms with van der Waals surface area (Å²) in [5, 5.41) is 3.39. The molecule has 0 radical (unpaired) electrons. The highest BCUT2D eigenvalue weighted by molar-refractivity contribution is 9.11. The topological polar surface area (TPSA) is 12.0 Å². The van der Waals surface area contributed by atoms with Gasteiger partial charge >= 0.3 is 0 Å². The number of hydrogen-bond acceptors (Lipinski definition) is 2. The van der Waals surface area contributed by atoms with Gasteiger partial charge in [0.15, 0.2) is 0 Å². The monoisotopic (exact) mass is 287 g/mol. The second-order valence-corrected chi connectivity index (χ2v) is 6.57. The molecule has 0 aromatic carbocycles. The van der Waals surface area contributed by atoms with Crippen LogP contribution in [0.1, 0.15) is 18.7 Å². The van der Waals surface area contributed by atoms with E-state index in [-0.39, 0.29) is 5.41 Å². The summed E-state index contributed by atoms with van der Waals surface area (Å²) >= 11 is 5.30. The molecular weight excluding hydrogens is 270 g/mol. The summed E-state index contributed by atoms with van der Waals surface area (Å²) in [6.45, 7) is 10.3. The molecule has 0 bridgehead atoms. The number of hydrogen-bond donors (Lipinski definition) is 1. The second-order valence-electron chi connectivity index (χ2n) is 4.02. The summed E-state index contributed by atoms with van der Waals surface area (Å²) in [4.78, 5) is 1.40. The highest BCUT2D eigenvalue weighted by Gasteiger charge is 2.20. The van der Waals surface area contributed by atoms with E-state index >= 15 is 0 Å². The van der Waals surface area contributed by atoms with Crippen molar-refractivity contribution < 1.29 is 0 Å². The molecule has 0 aliphatic rings. The normalized spacial score (nSPS) is 14.9. The van der Waals surface area contributed by atoms with E-state index in [1.54, 1.807) is 11.3 Å². The summed E-state index contributed by atoms with van der Waals surface area (Å²) in [6.07, 6.45) is 3.11. The first kappa shape index (κ1) is 12.9. The molecule has 3 heteroatoms. The van der Waals surface area contributed by atoms with Gasteiger partial charge in [-0.15, -0.1) is 17.9 Å². The second kappa shape index (κ2) is 5.83. The van der Waals surface area contributed by atoms with E-state index in [0.717, 1.165) is 19.5 Å². The van der Waals surface area contributed by atoms with Gasteiger partial charge in [-0.05, 0) is 41.0 Å². The van der Waals surface area contributed by atoms with Gasteiger partial charge in [0, 0.05) is 16.8 Å². The summed E-state index contributed by atoms with van der Waals surface area (Å²) in [5.74, 6) is 0. The molecule has 0 spiro atoms. The van der Waals surface area contributed by atoms with Gasteiger partial charge in [-0.2, -0.15) is 0 Å². The predicted octanol–water partition coefficient (Wildman–Crippen LogP) is 3.85. The Balaban J connectivity index is 2.63. The minimum atomic E-state index is 0.153. The lowest BCUT2D eigenvalue weighted by atomic mass is 9.86. The molecule has 1 aromatic heterocycles. The average molecular weight is 288 g/mol. The van der Waals surface area contributed by atoms with E-state index in [9.17, 15) is 0 Å². The van der Waals surface area contributed by atoms with Gasteiger partial charge in [-0.1, -0.05) is 19.9 Å². The third kappa shape index (κ3) is 4.09. The van der Waals surface area contributed by atoms with Crippen molar-refractivity contribution in [2.45, 2.75) is 20.3 Å². The molecule has 84 valence electrons. The molecule has 0 aliphatic heterocycles. The molecule has 15 heavy (non-hydrogen) atoms. The third-order valence-corrected chi connectivity index (χ3v) is 4.10. The molecule has 0 saturated heterocycles. The quantitative estimate of drug-likeness (QED) is 0.784. The van der Waals surface area contributed by atoms with Gasteiger partial charge in [0.2, 0.25) is 0 Å². The van der Waals surface area contributed by atoms with Crippen LogP contribution in [0.3, 0.4) is 0 Å². The molecule has 1 atom stereocenters. The molecule has 1 aromatic rings. The van der Waals surface area contributed by atoms with Crippen LogP contribution in [0.15, 0.2) is 28.6 Å². The largest absolute Gasteiger partial charge is 0.316 e. The van der Waals surface area contributed by atoms with Crippen molar-refractivity contribution in [3.8, 4) is 0 Å². The highest BCUT2D eigenvalue weighted by Crippen LogP contribution is 2.29. The van der Waals surface area contributed by atoms with Crippen molar-refractivity contribution in [1.29, 1.82) is 0 Å². The Morgan fingerprint density at radius 1 is 1.60 bits per heavy atom. The molecule has 0 aliphatic carbocycles. The van der Waals surface area contributed by atoms with Crippen LogP contribution < -0.4 is 5.32 Å². The Kier molecular flexibility index (Phi) is 5.03. The number of rotatable bonds is 6. The molecule has 1 nitrogen and oxygen atoms in total. The zero-order chi connectivity index (χ0) is 11.3. The fourth-order valence-electron chi connectivity index (χ4n) is 1.46. The van der Waals surface area contributed by atoms with E-state index < -0.39 is 0 Å². The van der Waals surface area contributed by atoms with Gasteiger partial charge in [0.05, 0.1) is 3.79 Å². The smallest absolute Gasteiger partial charge is 0.0701 e. The Bertz CT molecular complexity index is 321. The minimum absolute atomic E-state index is 0.153. The number of halogens is 1. The summed E-state index contributed by atoms with van der Waals surface area (Å²) in [6, 6.07) is 4.29. The Morgan fingerprint density at radius 2 is 2.33 bits per heavy atom. The first-order chi connectivity index (χ1) is 7.09. The number of nitrogens with one attached hydrogen (secondary N) is 1. The standard InChI is InChI=1S/C12H18BrNS/c1-4-12(3,9-14-5-2)8-10-6-7-11(13)15-10/h4,6-7,14H,1,5,8-9H2,2-3H3. The van der Waals surface area contributed by atoms with Gasteiger partial charge in [-0.25, -0.2) is 0 Å². The molecule has 0 saturated carbocycles. The van der Waals surface area contributed by atoms with Crippen LogP contribution in [0.5, 0.6) is 0 Å². The van der Waals surface area contributed by atoms with Crippen molar-refractivity contribution in [3.05, 3.63) is 33.5 Å². The van der Waals surface area contributed by atoms with Crippen LogP contribution in [0.25, 0.3) is 0 Å². The van der Waals surface area contributed by atoms with Gasteiger partial charge in [0.25, 0.3) is 0 Å². The zero-order valence-corrected chi connectivity index (χ0v) is 11.7. The van der Waals surface area contributed by atoms with Crippen molar-refractivity contribution in [2.24, 2.45) is 5.41 Å². The van der Waals surface area contributed by atoms with Crippen LogP contribution in [-0.2, 0) is 6.42 Å². The summed E-state index contributed by atoms with van der Waals surface area (Å²) in [7, 11) is 0. The predicted molar refractivity (Wildman–Crippen MR) is 72.6 cm³/mol. The van der Waals surface area contributed by atoms with E-state index in [0.29, 0.717) is 0 Å². The first-order valence-corrected chi connectivity index (χ1v) is 6.79. The maximum atomic E-state index is 3.94. The lowest BCUT2D eigenvalue weighted by Gasteiger charge is -2.25. The Hall–Kier alpha value is -0.120. The Morgan fingerprint density at radius 3 is 2.80 bits per heavy atom. The highest BCUT2D eigenvalue weighted by atomic mass is 79.9. The first-order valence-electron chi connectivity index (χ1n) is 5.18. The maximum Gasteiger partial charge on any atom is 0.0701 e. The van der Waals surface area contributed by atoms with Crippen LogP contribution in [-0.4, -0.2) is 13.1 Å². The fraction of sp³-hybridized carbons (Fsp3) is 0.500. The van der Waals surface area contributed by atoms with Crippen molar-refractivity contribution in [2.75, 3.05) is 13.1 Å². The van der Waals surface area contributed by atoms with Crippen LogP contribution in [0, 0.1) is 5.41 Å². The summed E-state index contributed by atoms with van der Waals surface area (Å²) < 4.78 is 1.20. The molecule has 1 unspecified atom stereocenters. The van der Waals surface area contributed by atoms with E-state index in [1.807, 2.05) is 0 Å². The van der Waals surface area contributed by atoms with Crippen LogP contribution >= 0.6 is 27.3 Å². The SMILES string of the molecule is C=CC(C)(CNCC)Cc1ccc(Br)s1. The van der Waals surface area contributed by atoms with Crippen molar-refractivity contribution in [1.82, 2.24) is 5.32 Å². The lowest BCUT2D eigenvalue weighted by molar-refractivity contribution is 0.398. The average Bonchev–Trinajstić information content (AvgIpc) is 2.61. The van der Waals surface area contributed by atoms with Crippen LogP contribution in [0.4, 0.5) is 0 Å². The van der Waals surface area contributed by atoms with E-state index in [2.05, 4.69) is 59.9 Å². The molecule has 1 N–H and O–H groups in total. The van der Waals surface area contributed by atoms with Gasteiger partial charge in [0.1, 0.15) is 0 Å². The van der Waals surface area contributed by atoms with E-state index in [1.165, 1.54) is 8.66 Å². The zero-order valence-electron chi connectivity index (χ0n) is 9.35. The molecule has 0 fully saturated rings. The summed E-state index contributed by atoms with van der Waals surface area (Å²) in [5.41, 5.74) is 0.153. The molecule has 1 heterocycles. The molecule has 1 rings (SSSR count). The van der Waals surface area contributed by atoms with Crippen LogP contribution in [0.2, 0.25) is 0 Å². The number of thiophene rings is 1. The molecular formula is C12H18BrNS. The van der Waals surface area contributed by atoms with Crippen molar-refractivity contribution in [3.63, 3.8) is 0 Å². The van der Waals surface area contributed by atoms with E-state index in [4.69, 9.17) is 0 Å². The fourth-order valence-corrected chi connectivity index (χ4v) is 3.14. The lowest BCUT2D eigenvalue weighted by Crippen LogP contribution is -2.31. The van der Waals surface area contributed by atoms with Gasteiger partial charge < -0.3 is 5.32 Å². The molecule has 0 amide bonds. The third-order valence-electron chi connectivity index (χ3n) is 2.48. The van der Waals surface area contributed by atoms with Crippen molar-refractivity contribution >= 4 is 27.3 Å². The van der Waals surface area contributed by atoms with Gasteiger partial charge in [-0.3, -0.25) is 0 Å². The maximum absolute atomic E-state index is 3.94. The Labute approximate surface area is 105 Å². The minimum Gasteiger partial charge on any atom is -0.316 e.